The number of hydrogen-bond donors (Lipinski definition) is 2. The van der Waals surface area contributed by atoms with Gasteiger partial charge in [-0.1, -0.05) is 0 Å². The quantitative estimate of drug-likeness (QED) is 0.547. The molecule has 3 aromatic heterocycles. The smallest absolute Gasteiger partial charge is 0.260 e. The highest BCUT2D eigenvalue weighted by molar-refractivity contribution is 5.90. The maximum absolute atomic E-state index is 14.6. The highest BCUT2D eigenvalue weighted by Gasteiger charge is 2.21. The van der Waals surface area contributed by atoms with Crippen LogP contribution in [0.25, 0.3) is 33.1 Å². The number of fused-ring (bicyclic) bond motifs is 2. The van der Waals surface area contributed by atoms with E-state index in [-0.39, 0.29) is 22.7 Å². The van der Waals surface area contributed by atoms with Crippen LogP contribution in [0.4, 0.5) is 4.39 Å². The Hall–Kier alpha value is -3.26. The molecule has 2 N–H and O–H groups in total. The third-order valence-electron chi connectivity index (χ3n) is 5.60. The molecule has 0 bridgehead atoms. The molecule has 29 heavy (non-hydrogen) atoms. The standard InChI is InChI=1S/C21H20FN5O2/c1-11-9-27(13-5-6-23-8-13)21(29)14-3-4-16(24-18(11)14)15-7-12-10-26(2)25-19(12)17(22)20(15)28/h3-4,7,9-10,13,23,28H,5-6,8H2,1-2H3. The summed E-state index contributed by atoms with van der Waals surface area (Å²) in [6, 6.07) is 5.15. The predicted molar refractivity (Wildman–Crippen MR) is 109 cm³/mol. The first-order valence-corrected chi connectivity index (χ1v) is 9.52. The SMILES string of the molecule is Cc1cn(C2CCNC2)c(=O)c2ccc(-c3cc4cn(C)nc4c(F)c3O)nc12. The molecule has 0 aliphatic carbocycles. The van der Waals surface area contributed by atoms with Gasteiger partial charge in [0.25, 0.3) is 5.56 Å². The number of nitrogens with zero attached hydrogens (tertiary/aromatic N) is 4. The second-order valence-electron chi connectivity index (χ2n) is 7.59. The van der Waals surface area contributed by atoms with Crippen molar-refractivity contribution in [1.82, 2.24) is 24.6 Å². The molecule has 1 fully saturated rings. The van der Waals surface area contributed by atoms with Crippen LogP contribution in [0.15, 0.2) is 35.4 Å². The van der Waals surface area contributed by atoms with Crippen molar-refractivity contribution in [3.05, 3.63) is 52.3 Å². The summed E-state index contributed by atoms with van der Waals surface area (Å²) >= 11 is 0. The Bertz CT molecular complexity index is 1330. The van der Waals surface area contributed by atoms with E-state index in [2.05, 4.69) is 15.4 Å². The number of benzene rings is 1. The molecule has 4 heterocycles. The van der Waals surface area contributed by atoms with E-state index in [1.165, 1.54) is 4.68 Å². The van der Waals surface area contributed by atoms with Crippen molar-refractivity contribution >= 4 is 21.8 Å². The van der Waals surface area contributed by atoms with Gasteiger partial charge in [0.15, 0.2) is 11.6 Å². The predicted octanol–water partition coefficient (Wildman–Crippen LogP) is 2.64. The van der Waals surface area contributed by atoms with Crippen LogP contribution in [0.3, 0.4) is 0 Å². The van der Waals surface area contributed by atoms with E-state index in [1.807, 2.05) is 13.1 Å². The molecule has 7 nitrogen and oxygen atoms in total. The number of halogens is 1. The van der Waals surface area contributed by atoms with Gasteiger partial charge in [0.2, 0.25) is 0 Å². The second-order valence-corrected chi connectivity index (χ2v) is 7.59. The average molecular weight is 393 g/mol. The van der Waals surface area contributed by atoms with Gasteiger partial charge in [0.05, 0.1) is 22.6 Å². The van der Waals surface area contributed by atoms with Crippen LogP contribution in [0.1, 0.15) is 18.0 Å². The first-order valence-electron chi connectivity index (χ1n) is 9.52. The fourth-order valence-corrected chi connectivity index (χ4v) is 4.13. The molecule has 1 aliphatic rings. The largest absolute Gasteiger partial charge is 0.504 e. The molecule has 1 aromatic carbocycles. The molecular formula is C21H20FN5O2. The molecule has 1 atom stereocenters. The maximum Gasteiger partial charge on any atom is 0.260 e. The molecule has 1 saturated heterocycles. The lowest BCUT2D eigenvalue weighted by Crippen LogP contribution is -2.26. The third kappa shape index (κ3) is 2.71. The summed E-state index contributed by atoms with van der Waals surface area (Å²) in [5.41, 5.74) is 2.11. The summed E-state index contributed by atoms with van der Waals surface area (Å²) in [4.78, 5) is 17.6. The fourth-order valence-electron chi connectivity index (χ4n) is 4.13. The Morgan fingerprint density at radius 2 is 2.10 bits per heavy atom. The summed E-state index contributed by atoms with van der Waals surface area (Å²) in [5, 5.41) is 18.8. The molecule has 148 valence electrons. The Kier molecular flexibility index (Phi) is 3.92. The van der Waals surface area contributed by atoms with Crippen molar-refractivity contribution in [2.24, 2.45) is 7.05 Å². The summed E-state index contributed by atoms with van der Waals surface area (Å²) in [7, 11) is 1.69. The summed E-state index contributed by atoms with van der Waals surface area (Å²) in [6.07, 6.45) is 4.43. The number of pyridine rings is 2. The van der Waals surface area contributed by atoms with Crippen molar-refractivity contribution in [2.75, 3.05) is 13.1 Å². The molecular weight excluding hydrogens is 373 g/mol. The van der Waals surface area contributed by atoms with Gasteiger partial charge in [-0.05, 0) is 43.7 Å². The number of phenolic OH excluding ortho intramolecular Hbond substituents is 1. The number of hydrogen-bond acceptors (Lipinski definition) is 5. The molecule has 0 saturated carbocycles. The Labute approximate surface area is 165 Å². The normalized spacial score (nSPS) is 16.9. The fraction of sp³-hybridized carbons (Fsp3) is 0.286. The van der Waals surface area contributed by atoms with E-state index < -0.39 is 11.6 Å². The van der Waals surface area contributed by atoms with Crippen LogP contribution in [-0.4, -0.2) is 37.5 Å². The van der Waals surface area contributed by atoms with Gasteiger partial charge in [0.1, 0.15) is 5.52 Å². The van der Waals surface area contributed by atoms with Crippen molar-refractivity contribution < 1.29 is 9.50 Å². The molecule has 0 radical (unpaired) electrons. The van der Waals surface area contributed by atoms with Crippen LogP contribution in [0.2, 0.25) is 0 Å². The molecule has 0 amide bonds. The topological polar surface area (TPSA) is 85.0 Å². The maximum atomic E-state index is 14.6. The van der Waals surface area contributed by atoms with Crippen molar-refractivity contribution in [3.8, 4) is 17.0 Å². The number of nitrogens with one attached hydrogen (secondary N) is 1. The number of rotatable bonds is 2. The minimum atomic E-state index is -0.777. The van der Waals surface area contributed by atoms with E-state index in [0.717, 1.165) is 25.1 Å². The highest BCUT2D eigenvalue weighted by Crippen LogP contribution is 2.36. The van der Waals surface area contributed by atoms with Crippen LogP contribution in [0, 0.1) is 12.7 Å². The van der Waals surface area contributed by atoms with Crippen molar-refractivity contribution in [2.45, 2.75) is 19.4 Å². The Morgan fingerprint density at radius 1 is 1.28 bits per heavy atom. The van der Waals surface area contributed by atoms with Gasteiger partial charge in [-0.3, -0.25) is 9.48 Å². The number of aromatic nitrogens is 4. The van der Waals surface area contributed by atoms with E-state index in [1.54, 1.807) is 36.0 Å². The molecule has 1 aliphatic heterocycles. The molecule has 8 heteroatoms. The minimum absolute atomic E-state index is 0.0866. The zero-order valence-corrected chi connectivity index (χ0v) is 16.1. The third-order valence-corrected chi connectivity index (χ3v) is 5.60. The Balaban J connectivity index is 1.70. The number of phenols is 1. The van der Waals surface area contributed by atoms with Crippen molar-refractivity contribution in [3.63, 3.8) is 0 Å². The van der Waals surface area contributed by atoms with E-state index in [9.17, 15) is 14.3 Å². The van der Waals surface area contributed by atoms with Gasteiger partial charge in [-0.15, -0.1) is 0 Å². The minimum Gasteiger partial charge on any atom is -0.504 e. The van der Waals surface area contributed by atoms with Gasteiger partial charge < -0.3 is 15.0 Å². The zero-order chi connectivity index (χ0) is 20.3. The summed E-state index contributed by atoms with van der Waals surface area (Å²) < 4.78 is 17.9. The summed E-state index contributed by atoms with van der Waals surface area (Å²) in [6.45, 7) is 3.57. The van der Waals surface area contributed by atoms with Gasteiger partial charge in [-0.2, -0.15) is 5.10 Å². The lowest BCUT2D eigenvalue weighted by molar-refractivity contribution is 0.437. The van der Waals surface area contributed by atoms with Crippen LogP contribution >= 0.6 is 0 Å². The monoisotopic (exact) mass is 393 g/mol. The first kappa shape index (κ1) is 17.8. The van der Waals surface area contributed by atoms with Crippen LogP contribution < -0.4 is 10.9 Å². The van der Waals surface area contributed by atoms with Crippen LogP contribution in [-0.2, 0) is 7.05 Å². The zero-order valence-electron chi connectivity index (χ0n) is 16.1. The number of aromatic hydroxyl groups is 1. The van der Waals surface area contributed by atoms with Crippen molar-refractivity contribution in [1.29, 1.82) is 0 Å². The van der Waals surface area contributed by atoms with E-state index >= 15 is 0 Å². The second kappa shape index (κ2) is 6.38. The summed E-state index contributed by atoms with van der Waals surface area (Å²) in [5.74, 6) is -1.27. The van der Waals surface area contributed by atoms with E-state index in [0.29, 0.717) is 22.0 Å². The molecule has 5 rings (SSSR count). The number of aryl methyl sites for hydroxylation is 2. The van der Waals surface area contributed by atoms with Gasteiger partial charge in [-0.25, -0.2) is 9.37 Å². The average Bonchev–Trinajstić information content (AvgIpc) is 3.36. The molecule has 0 spiro atoms. The lowest BCUT2D eigenvalue weighted by atomic mass is 10.0. The van der Waals surface area contributed by atoms with Gasteiger partial charge >= 0.3 is 0 Å². The lowest BCUT2D eigenvalue weighted by Gasteiger charge is -2.15. The molecule has 1 unspecified atom stereocenters. The highest BCUT2D eigenvalue weighted by atomic mass is 19.1. The van der Waals surface area contributed by atoms with E-state index in [4.69, 9.17) is 0 Å². The first-order chi connectivity index (χ1) is 13.9. The molecule has 4 aromatic rings. The van der Waals surface area contributed by atoms with Crippen LogP contribution in [0.5, 0.6) is 5.75 Å². The van der Waals surface area contributed by atoms with Gasteiger partial charge in [0, 0.05) is 36.9 Å². The Morgan fingerprint density at radius 3 is 2.86 bits per heavy atom.